The summed E-state index contributed by atoms with van der Waals surface area (Å²) in [4.78, 5) is 31.3. The summed E-state index contributed by atoms with van der Waals surface area (Å²) in [6, 6.07) is 14.9. The highest BCUT2D eigenvalue weighted by Crippen LogP contribution is 2.33. The number of amides is 1. The lowest BCUT2D eigenvalue weighted by molar-refractivity contribution is -0.387. The van der Waals surface area contributed by atoms with Gasteiger partial charge in [-0.05, 0) is 36.0 Å². The molecule has 3 aromatic rings. The third kappa shape index (κ3) is 4.95. The molecule has 1 heterocycles. The summed E-state index contributed by atoms with van der Waals surface area (Å²) < 4.78 is 0. The van der Waals surface area contributed by atoms with Crippen LogP contribution < -0.4 is 5.43 Å². The molecular formula is C18H13N5O3S. The summed E-state index contributed by atoms with van der Waals surface area (Å²) >= 11 is 1.10. The first-order valence-electron chi connectivity index (χ1n) is 7.75. The molecule has 0 fully saturated rings. The number of hydrogen-bond acceptors (Lipinski definition) is 7. The highest BCUT2D eigenvalue weighted by molar-refractivity contribution is 7.99. The summed E-state index contributed by atoms with van der Waals surface area (Å²) in [5.41, 5.74) is 3.24. The van der Waals surface area contributed by atoms with Gasteiger partial charge in [-0.25, -0.2) is 15.4 Å². The van der Waals surface area contributed by atoms with Crippen molar-refractivity contribution >= 4 is 29.6 Å². The molecule has 2 aromatic carbocycles. The topological polar surface area (TPSA) is 110 Å². The van der Waals surface area contributed by atoms with Crippen LogP contribution in [0.15, 0.2) is 82.1 Å². The van der Waals surface area contributed by atoms with E-state index in [4.69, 9.17) is 0 Å². The Morgan fingerprint density at radius 1 is 1.11 bits per heavy atom. The first-order chi connectivity index (χ1) is 13.1. The molecule has 9 heteroatoms. The number of nitrogens with one attached hydrogen (secondary N) is 1. The molecule has 134 valence electrons. The van der Waals surface area contributed by atoms with E-state index in [0.29, 0.717) is 21.2 Å². The van der Waals surface area contributed by atoms with Gasteiger partial charge in [-0.3, -0.25) is 14.9 Å². The lowest BCUT2D eigenvalue weighted by Crippen LogP contribution is -2.17. The molecule has 0 unspecified atom stereocenters. The van der Waals surface area contributed by atoms with E-state index >= 15 is 0 Å². The van der Waals surface area contributed by atoms with E-state index in [-0.39, 0.29) is 11.6 Å². The van der Waals surface area contributed by atoms with Crippen LogP contribution in [0.5, 0.6) is 0 Å². The van der Waals surface area contributed by atoms with Crippen LogP contribution in [0.4, 0.5) is 5.69 Å². The third-order valence-electron chi connectivity index (χ3n) is 3.34. The van der Waals surface area contributed by atoms with Gasteiger partial charge in [0.1, 0.15) is 0 Å². The minimum atomic E-state index is -0.481. The second kappa shape index (κ2) is 8.68. The van der Waals surface area contributed by atoms with Crippen LogP contribution in [0, 0.1) is 10.1 Å². The second-order valence-corrected chi connectivity index (χ2v) is 6.19. The van der Waals surface area contributed by atoms with E-state index in [0.717, 1.165) is 11.8 Å². The fraction of sp³-hybridized carbons (Fsp3) is 0. The van der Waals surface area contributed by atoms with Gasteiger partial charge >= 0.3 is 0 Å². The number of hydrazone groups is 1. The standard InChI is InChI=1S/C18H13N5O3S/c24-17(14-5-2-1-3-6-14)22-21-12-13-7-8-16(15(11-13)23(25)26)27-18-19-9-4-10-20-18/h1-12H,(H,22,24). The molecule has 0 bridgehead atoms. The van der Waals surface area contributed by atoms with Gasteiger partial charge in [0, 0.05) is 29.6 Å². The predicted octanol–water partition coefficient (Wildman–Crippen LogP) is 3.30. The molecule has 1 amide bonds. The lowest BCUT2D eigenvalue weighted by Gasteiger charge is -2.03. The van der Waals surface area contributed by atoms with Crippen LogP contribution in [-0.2, 0) is 0 Å². The van der Waals surface area contributed by atoms with Crippen LogP contribution in [-0.4, -0.2) is 27.0 Å². The quantitative estimate of drug-likeness (QED) is 0.304. The molecular weight excluding hydrogens is 366 g/mol. The zero-order valence-corrected chi connectivity index (χ0v) is 14.7. The van der Waals surface area contributed by atoms with Gasteiger partial charge in [-0.2, -0.15) is 5.10 Å². The van der Waals surface area contributed by atoms with Gasteiger partial charge in [-0.15, -0.1) is 0 Å². The third-order valence-corrected chi connectivity index (χ3v) is 4.30. The van der Waals surface area contributed by atoms with Gasteiger partial charge in [0.25, 0.3) is 11.6 Å². The Kier molecular flexibility index (Phi) is 5.85. The minimum absolute atomic E-state index is 0.0919. The number of carbonyl (C=O) groups is 1. The van der Waals surface area contributed by atoms with Crippen molar-refractivity contribution in [1.82, 2.24) is 15.4 Å². The highest BCUT2D eigenvalue weighted by Gasteiger charge is 2.16. The number of nitro groups is 1. The van der Waals surface area contributed by atoms with E-state index in [1.807, 2.05) is 0 Å². The van der Waals surface area contributed by atoms with Crippen molar-refractivity contribution < 1.29 is 9.72 Å². The average molecular weight is 379 g/mol. The molecule has 0 aliphatic rings. The molecule has 1 N–H and O–H groups in total. The number of benzene rings is 2. The van der Waals surface area contributed by atoms with Crippen LogP contribution in [0.3, 0.4) is 0 Å². The average Bonchev–Trinajstić information content (AvgIpc) is 2.70. The van der Waals surface area contributed by atoms with Crippen LogP contribution in [0.25, 0.3) is 0 Å². The van der Waals surface area contributed by atoms with Crippen molar-refractivity contribution in [2.24, 2.45) is 5.10 Å². The van der Waals surface area contributed by atoms with E-state index in [1.165, 1.54) is 12.3 Å². The molecule has 3 rings (SSSR count). The van der Waals surface area contributed by atoms with Crippen molar-refractivity contribution in [2.45, 2.75) is 10.1 Å². The SMILES string of the molecule is O=C(NN=Cc1ccc(Sc2ncccn2)c([N+](=O)[O-])c1)c1ccccc1. The number of carbonyl (C=O) groups excluding carboxylic acids is 1. The van der Waals surface area contributed by atoms with Crippen LogP contribution in [0.2, 0.25) is 0 Å². The van der Waals surface area contributed by atoms with Gasteiger partial charge in [0.2, 0.25) is 0 Å². The molecule has 8 nitrogen and oxygen atoms in total. The monoisotopic (exact) mass is 379 g/mol. The Bertz CT molecular complexity index is 981. The summed E-state index contributed by atoms with van der Waals surface area (Å²) in [7, 11) is 0. The van der Waals surface area contributed by atoms with E-state index in [9.17, 15) is 14.9 Å². The molecule has 0 saturated carbocycles. The van der Waals surface area contributed by atoms with Gasteiger partial charge in [-0.1, -0.05) is 24.3 Å². The Morgan fingerprint density at radius 2 is 1.85 bits per heavy atom. The van der Waals surface area contributed by atoms with Gasteiger partial charge in [0.05, 0.1) is 16.0 Å². The van der Waals surface area contributed by atoms with Gasteiger partial charge < -0.3 is 0 Å². The van der Waals surface area contributed by atoms with Crippen LogP contribution in [0.1, 0.15) is 15.9 Å². The number of nitrogens with zero attached hydrogens (tertiary/aromatic N) is 4. The second-order valence-electron chi connectivity index (χ2n) is 5.18. The molecule has 0 aliphatic heterocycles. The molecule has 0 atom stereocenters. The number of aromatic nitrogens is 2. The van der Waals surface area contributed by atoms with E-state index in [2.05, 4.69) is 20.5 Å². The first-order valence-corrected chi connectivity index (χ1v) is 8.57. The fourth-order valence-electron chi connectivity index (χ4n) is 2.10. The molecule has 0 saturated heterocycles. The Morgan fingerprint density at radius 3 is 2.56 bits per heavy atom. The van der Waals surface area contributed by atoms with Crippen molar-refractivity contribution in [3.05, 3.63) is 88.2 Å². The molecule has 0 aliphatic carbocycles. The number of nitro benzene ring substituents is 1. The first kappa shape index (κ1) is 18.2. The largest absolute Gasteiger partial charge is 0.283 e. The zero-order chi connectivity index (χ0) is 19.1. The smallest absolute Gasteiger partial charge is 0.267 e. The van der Waals surface area contributed by atoms with E-state index < -0.39 is 4.92 Å². The van der Waals surface area contributed by atoms with Crippen molar-refractivity contribution in [2.75, 3.05) is 0 Å². The molecule has 0 spiro atoms. The summed E-state index contributed by atoms with van der Waals surface area (Å²) in [5, 5.41) is 15.6. The Labute approximate surface area is 158 Å². The van der Waals surface area contributed by atoms with Crippen LogP contribution >= 0.6 is 11.8 Å². The van der Waals surface area contributed by atoms with E-state index in [1.54, 1.807) is 60.9 Å². The molecule has 0 radical (unpaired) electrons. The highest BCUT2D eigenvalue weighted by atomic mass is 32.2. The molecule has 27 heavy (non-hydrogen) atoms. The van der Waals surface area contributed by atoms with Crippen molar-refractivity contribution in [3.8, 4) is 0 Å². The normalized spacial score (nSPS) is 10.7. The number of rotatable bonds is 6. The molecule has 1 aromatic heterocycles. The van der Waals surface area contributed by atoms with Crippen molar-refractivity contribution in [1.29, 1.82) is 0 Å². The van der Waals surface area contributed by atoms with Crippen molar-refractivity contribution in [3.63, 3.8) is 0 Å². The Balaban J connectivity index is 1.74. The number of hydrogen-bond donors (Lipinski definition) is 1. The summed E-state index contributed by atoms with van der Waals surface area (Å²) in [5.74, 6) is -0.366. The summed E-state index contributed by atoms with van der Waals surface area (Å²) in [6.45, 7) is 0. The maximum Gasteiger partial charge on any atom is 0.283 e. The predicted molar refractivity (Wildman–Crippen MR) is 101 cm³/mol. The maximum absolute atomic E-state index is 11.9. The maximum atomic E-state index is 11.9. The van der Waals surface area contributed by atoms with Gasteiger partial charge in [0.15, 0.2) is 5.16 Å². The Hall–Kier alpha value is -3.59. The summed E-state index contributed by atoms with van der Waals surface area (Å²) in [6.07, 6.45) is 4.48. The minimum Gasteiger partial charge on any atom is -0.267 e. The fourth-order valence-corrected chi connectivity index (χ4v) is 2.90. The zero-order valence-electron chi connectivity index (χ0n) is 13.9. The lowest BCUT2D eigenvalue weighted by atomic mass is 10.2.